The van der Waals surface area contributed by atoms with Gasteiger partial charge in [0.2, 0.25) is 0 Å². The van der Waals surface area contributed by atoms with E-state index in [0.29, 0.717) is 18.7 Å². The third-order valence-corrected chi connectivity index (χ3v) is 4.84. The molecule has 1 heterocycles. The molecular formula is C18H26IN5OS. The summed E-state index contributed by atoms with van der Waals surface area (Å²) in [5.74, 6) is 0.727. The van der Waals surface area contributed by atoms with E-state index in [-0.39, 0.29) is 29.9 Å². The highest BCUT2D eigenvalue weighted by Crippen LogP contribution is 2.15. The van der Waals surface area contributed by atoms with Crippen LogP contribution in [0, 0.1) is 13.8 Å². The predicted octanol–water partition coefficient (Wildman–Crippen LogP) is 2.94. The maximum absolute atomic E-state index is 11.9. The molecule has 2 N–H and O–H groups in total. The van der Waals surface area contributed by atoms with E-state index in [1.807, 2.05) is 31.2 Å². The minimum absolute atomic E-state index is 0. The lowest BCUT2D eigenvalue weighted by Gasteiger charge is -2.12. The van der Waals surface area contributed by atoms with Crippen molar-refractivity contribution >= 4 is 47.2 Å². The quantitative estimate of drug-likeness (QED) is 0.387. The number of aryl methyl sites for hydroxylation is 2. The van der Waals surface area contributed by atoms with Gasteiger partial charge in [-0.15, -0.1) is 35.3 Å². The largest absolute Gasteiger partial charge is 0.352 e. The molecule has 0 bridgehead atoms. The van der Waals surface area contributed by atoms with Gasteiger partial charge in [0.15, 0.2) is 5.96 Å². The second kappa shape index (κ2) is 10.5. The molecule has 0 saturated heterocycles. The fraction of sp³-hybridized carbons (Fsp3) is 0.389. The van der Waals surface area contributed by atoms with Crippen molar-refractivity contribution in [1.29, 1.82) is 0 Å². The molecule has 0 atom stereocenters. The molecule has 0 saturated carbocycles. The predicted molar refractivity (Wildman–Crippen MR) is 119 cm³/mol. The Bertz CT molecular complexity index is 736. The number of aromatic nitrogens is 1. The molecule has 1 amide bonds. The van der Waals surface area contributed by atoms with Gasteiger partial charge in [0.25, 0.3) is 5.91 Å². The van der Waals surface area contributed by atoms with Crippen LogP contribution in [0.2, 0.25) is 0 Å². The van der Waals surface area contributed by atoms with Crippen LogP contribution >= 0.6 is 35.3 Å². The monoisotopic (exact) mass is 487 g/mol. The maximum Gasteiger partial charge on any atom is 0.253 e. The molecule has 0 unspecified atom stereocenters. The maximum atomic E-state index is 11.9. The normalized spacial score (nSPS) is 10.9. The molecule has 142 valence electrons. The molecule has 0 aliphatic carbocycles. The van der Waals surface area contributed by atoms with Gasteiger partial charge in [-0.2, -0.15) is 0 Å². The summed E-state index contributed by atoms with van der Waals surface area (Å²) in [4.78, 5) is 23.4. The Labute approximate surface area is 176 Å². The van der Waals surface area contributed by atoms with Crippen LogP contribution in [-0.4, -0.2) is 42.9 Å². The van der Waals surface area contributed by atoms with Gasteiger partial charge in [0.1, 0.15) is 5.01 Å². The van der Waals surface area contributed by atoms with Crippen molar-refractivity contribution in [3.05, 3.63) is 51.0 Å². The average molecular weight is 487 g/mol. The van der Waals surface area contributed by atoms with Gasteiger partial charge in [0.05, 0.1) is 12.2 Å². The summed E-state index contributed by atoms with van der Waals surface area (Å²) in [6.45, 7) is 5.38. The van der Waals surface area contributed by atoms with Crippen molar-refractivity contribution < 1.29 is 4.79 Å². The fourth-order valence-corrected chi connectivity index (χ4v) is 3.08. The Morgan fingerprint density at radius 2 is 1.77 bits per heavy atom. The Morgan fingerprint density at radius 3 is 2.27 bits per heavy atom. The van der Waals surface area contributed by atoms with E-state index in [1.54, 1.807) is 37.4 Å². The number of carbonyl (C=O) groups excluding carboxylic acids is 1. The van der Waals surface area contributed by atoms with Gasteiger partial charge in [-0.3, -0.25) is 9.79 Å². The topological polar surface area (TPSA) is 69.6 Å². The molecule has 1 aromatic carbocycles. The minimum atomic E-state index is 0. The molecule has 6 nitrogen and oxygen atoms in total. The first-order chi connectivity index (χ1) is 11.9. The number of hydrogen-bond acceptors (Lipinski definition) is 4. The zero-order valence-corrected chi connectivity index (χ0v) is 18.9. The van der Waals surface area contributed by atoms with Gasteiger partial charge in [-0.1, -0.05) is 12.1 Å². The van der Waals surface area contributed by atoms with Crippen molar-refractivity contribution in [2.75, 3.05) is 21.1 Å². The van der Waals surface area contributed by atoms with E-state index in [0.717, 1.165) is 22.2 Å². The van der Waals surface area contributed by atoms with Crippen molar-refractivity contribution in [3.63, 3.8) is 0 Å². The van der Waals surface area contributed by atoms with E-state index in [2.05, 4.69) is 27.5 Å². The van der Waals surface area contributed by atoms with Crippen LogP contribution in [-0.2, 0) is 13.1 Å². The van der Waals surface area contributed by atoms with Crippen LogP contribution < -0.4 is 10.6 Å². The molecule has 8 heteroatoms. The molecule has 0 spiro atoms. The zero-order chi connectivity index (χ0) is 18.4. The first-order valence-corrected chi connectivity index (χ1v) is 8.90. The Balaban J connectivity index is 0.00000338. The molecule has 0 aliphatic heterocycles. The highest BCUT2D eigenvalue weighted by Gasteiger charge is 2.08. The molecule has 26 heavy (non-hydrogen) atoms. The van der Waals surface area contributed by atoms with Crippen LogP contribution in [0.3, 0.4) is 0 Å². The summed E-state index contributed by atoms with van der Waals surface area (Å²) in [6, 6.07) is 7.59. The third kappa shape index (κ3) is 6.24. The summed E-state index contributed by atoms with van der Waals surface area (Å²) in [7, 11) is 5.24. The average Bonchev–Trinajstić information content (AvgIpc) is 2.92. The third-order valence-electron chi connectivity index (χ3n) is 3.77. The lowest BCUT2D eigenvalue weighted by Crippen LogP contribution is -2.36. The lowest BCUT2D eigenvalue weighted by atomic mass is 10.1. The number of benzene rings is 1. The molecule has 2 rings (SSSR count). The number of nitrogens with zero attached hydrogens (tertiary/aromatic N) is 3. The number of hydrogen-bond donors (Lipinski definition) is 2. The number of thiazole rings is 1. The van der Waals surface area contributed by atoms with Gasteiger partial charge in [0, 0.05) is 38.1 Å². The Hall–Kier alpha value is -1.68. The number of aliphatic imine (C=N–C) groups is 1. The number of carbonyl (C=O) groups is 1. The van der Waals surface area contributed by atoms with E-state index >= 15 is 0 Å². The molecule has 1 aromatic heterocycles. The second-order valence-corrected chi connectivity index (χ2v) is 7.21. The fourth-order valence-electron chi connectivity index (χ4n) is 2.20. The molecule has 2 aromatic rings. The van der Waals surface area contributed by atoms with Crippen molar-refractivity contribution in [3.8, 4) is 0 Å². The number of halogens is 1. The first-order valence-electron chi connectivity index (χ1n) is 8.08. The summed E-state index contributed by atoms with van der Waals surface area (Å²) in [5, 5.41) is 7.58. The molecule has 0 radical (unpaired) electrons. The van der Waals surface area contributed by atoms with Gasteiger partial charge in [-0.05, 0) is 31.5 Å². The summed E-state index contributed by atoms with van der Waals surface area (Å²) in [5.41, 5.74) is 2.85. The van der Waals surface area contributed by atoms with Crippen LogP contribution in [0.1, 0.15) is 31.5 Å². The number of rotatable bonds is 5. The lowest BCUT2D eigenvalue weighted by molar-refractivity contribution is 0.0827. The minimum Gasteiger partial charge on any atom is -0.352 e. The zero-order valence-electron chi connectivity index (χ0n) is 15.8. The van der Waals surface area contributed by atoms with Crippen molar-refractivity contribution in [2.45, 2.75) is 26.9 Å². The van der Waals surface area contributed by atoms with Gasteiger partial charge < -0.3 is 15.5 Å². The van der Waals surface area contributed by atoms with Gasteiger partial charge >= 0.3 is 0 Å². The number of nitrogens with one attached hydrogen (secondary N) is 2. The highest BCUT2D eigenvalue weighted by molar-refractivity contribution is 14.0. The van der Waals surface area contributed by atoms with Crippen molar-refractivity contribution in [2.24, 2.45) is 4.99 Å². The standard InChI is InChI=1S/C18H25N5OS.HI/c1-12-13(2)25-16(22-12)11-21-18(19-3)20-10-14-6-8-15(9-7-14)17(24)23(4)5;/h6-9H,10-11H2,1-5H3,(H2,19,20,21);1H. The Morgan fingerprint density at radius 1 is 1.15 bits per heavy atom. The Kier molecular flexibility index (Phi) is 9.00. The highest BCUT2D eigenvalue weighted by atomic mass is 127. The van der Waals surface area contributed by atoms with Crippen LogP contribution in [0.5, 0.6) is 0 Å². The van der Waals surface area contributed by atoms with E-state index in [9.17, 15) is 4.79 Å². The number of guanidine groups is 1. The first kappa shape index (κ1) is 22.4. The van der Waals surface area contributed by atoms with Crippen LogP contribution in [0.15, 0.2) is 29.3 Å². The van der Waals surface area contributed by atoms with E-state index < -0.39 is 0 Å². The van der Waals surface area contributed by atoms with Crippen LogP contribution in [0.4, 0.5) is 0 Å². The van der Waals surface area contributed by atoms with Crippen molar-refractivity contribution in [1.82, 2.24) is 20.5 Å². The molecular weight excluding hydrogens is 461 g/mol. The molecule has 0 fully saturated rings. The van der Waals surface area contributed by atoms with Crippen LogP contribution in [0.25, 0.3) is 0 Å². The van der Waals surface area contributed by atoms with E-state index in [1.165, 1.54) is 4.88 Å². The van der Waals surface area contributed by atoms with E-state index in [4.69, 9.17) is 0 Å². The summed E-state index contributed by atoms with van der Waals surface area (Å²) < 4.78 is 0. The van der Waals surface area contributed by atoms with Gasteiger partial charge in [-0.25, -0.2) is 4.98 Å². The summed E-state index contributed by atoms with van der Waals surface area (Å²) in [6.07, 6.45) is 0. The smallest absolute Gasteiger partial charge is 0.253 e. The molecule has 0 aliphatic rings. The number of amides is 1. The second-order valence-electron chi connectivity index (χ2n) is 5.93. The SMILES string of the molecule is CN=C(NCc1ccc(C(=O)N(C)C)cc1)NCc1nc(C)c(C)s1.I. The summed E-state index contributed by atoms with van der Waals surface area (Å²) >= 11 is 1.70.